The predicted molar refractivity (Wildman–Crippen MR) is 68.2 cm³/mol. The maximum atomic E-state index is 11.6. The lowest BCUT2D eigenvalue weighted by molar-refractivity contribution is -0.131. The molecule has 1 aliphatic heterocycles. The van der Waals surface area contributed by atoms with Crippen LogP contribution in [0.5, 0.6) is 0 Å². The van der Waals surface area contributed by atoms with E-state index in [4.69, 9.17) is 5.26 Å². The first-order chi connectivity index (χ1) is 8.22. The lowest BCUT2D eigenvalue weighted by Crippen LogP contribution is -2.39. The highest BCUT2D eigenvalue weighted by atomic mass is 16.2. The smallest absolute Gasteiger partial charge is 0.236 e. The summed E-state index contributed by atoms with van der Waals surface area (Å²) in [6.45, 7) is 6.22. The molecule has 1 fully saturated rings. The number of amides is 1. The molecule has 3 nitrogen and oxygen atoms in total. The van der Waals surface area contributed by atoms with Crippen molar-refractivity contribution in [2.24, 2.45) is 11.8 Å². The van der Waals surface area contributed by atoms with Crippen molar-refractivity contribution in [2.45, 2.75) is 52.4 Å². The zero-order valence-electron chi connectivity index (χ0n) is 11.1. The molecule has 0 aliphatic carbocycles. The van der Waals surface area contributed by atoms with Crippen LogP contribution in [0.4, 0.5) is 0 Å². The number of carbonyl (C=O) groups excluding carboxylic acids is 1. The summed E-state index contributed by atoms with van der Waals surface area (Å²) in [5.74, 6) is 1.62. The Morgan fingerprint density at radius 3 is 2.53 bits per heavy atom. The Hall–Kier alpha value is -1.04. The van der Waals surface area contributed by atoms with Gasteiger partial charge in [0.25, 0.3) is 0 Å². The normalized spacial score (nSPS) is 18.8. The number of nitrogens with zero attached hydrogens (tertiary/aromatic N) is 2. The van der Waals surface area contributed by atoms with Crippen LogP contribution in [0.3, 0.4) is 0 Å². The first kappa shape index (κ1) is 14.0. The summed E-state index contributed by atoms with van der Waals surface area (Å²) in [4.78, 5) is 13.4. The van der Waals surface area contributed by atoms with Crippen LogP contribution in [0.2, 0.25) is 0 Å². The minimum absolute atomic E-state index is 0.00879. The first-order valence-electron chi connectivity index (χ1n) is 6.87. The van der Waals surface area contributed by atoms with Crippen molar-refractivity contribution in [3.05, 3.63) is 0 Å². The number of hydrogen-bond acceptors (Lipinski definition) is 2. The van der Waals surface area contributed by atoms with Crippen molar-refractivity contribution in [2.75, 3.05) is 13.1 Å². The summed E-state index contributed by atoms with van der Waals surface area (Å²) in [7, 11) is 0. The van der Waals surface area contributed by atoms with Crippen LogP contribution >= 0.6 is 0 Å². The second-order valence-electron chi connectivity index (χ2n) is 5.01. The zero-order valence-corrected chi connectivity index (χ0v) is 11.1. The SMILES string of the molecule is CCCC(CC)C1CCN(C(=O)CC#N)CC1. The van der Waals surface area contributed by atoms with Crippen molar-refractivity contribution in [3.63, 3.8) is 0 Å². The summed E-state index contributed by atoms with van der Waals surface area (Å²) in [6.07, 6.45) is 6.10. The van der Waals surface area contributed by atoms with Gasteiger partial charge in [0.05, 0.1) is 6.07 Å². The van der Waals surface area contributed by atoms with Gasteiger partial charge in [-0.1, -0.05) is 33.1 Å². The molecule has 1 atom stereocenters. The maximum Gasteiger partial charge on any atom is 0.236 e. The monoisotopic (exact) mass is 236 g/mol. The van der Waals surface area contributed by atoms with Crippen molar-refractivity contribution >= 4 is 5.91 Å². The molecule has 17 heavy (non-hydrogen) atoms. The summed E-state index contributed by atoms with van der Waals surface area (Å²) in [5, 5.41) is 8.52. The van der Waals surface area contributed by atoms with E-state index in [1.165, 1.54) is 19.3 Å². The molecule has 0 aromatic heterocycles. The third kappa shape index (κ3) is 4.03. The van der Waals surface area contributed by atoms with Crippen LogP contribution in [-0.2, 0) is 4.79 Å². The predicted octanol–water partition coefficient (Wildman–Crippen LogP) is 2.96. The van der Waals surface area contributed by atoms with Crippen LogP contribution < -0.4 is 0 Å². The van der Waals surface area contributed by atoms with E-state index >= 15 is 0 Å². The third-order valence-corrected chi connectivity index (χ3v) is 3.97. The van der Waals surface area contributed by atoms with Crippen molar-refractivity contribution < 1.29 is 4.79 Å². The minimum Gasteiger partial charge on any atom is -0.342 e. The molecule has 0 aromatic carbocycles. The molecular formula is C14H24N2O. The summed E-state index contributed by atoms with van der Waals surface area (Å²) in [6, 6.07) is 1.94. The quantitative estimate of drug-likeness (QED) is 0.736. The van der Waals surface area contributed by atoms with Crippen molar-refractivity contribution in [1.29, 1.82) is 5.26 Å². The molecule has 0 radical (unpaired) electrons. The molecular weight excluding hydrogens is 212 g/mol. The van der Waals surface area contributed by atoms with Gasteiger partial charge in [-0.15, -0.1) is 0 Å². The van der Waals surface area contributed by atoms with Crippen LogP contribution in [0.25, 0.3) is 0 Å². The molecule has 0 spiro atoms. The fourth-order valence-electron chi connectivity index (χ4n) is 2.94. The van der Waals surface area contributed by atoms with Crippen molar-refractivity contribution in [1.82, 2.24) is 4.90 Å². The molecule has 0 aromatic rings. The Morgan fingerprint density at radius 2 is 2.06 bits per heavy atom. The Kier molecular flexibility index (Phi) is 6.04. The van der Waals surface area contributed by atoms with Gasteiger partial charge in [0.1, 0.15) is 6.42 Å². The topological polar surface area (TPSA) is 44.1 Å². The molecule has 0 saturated carbocycles. The second-order valence-corrected chi connectivity index (χ2v) is 5.01. The Morgan fingerprint density at radius 1 is 1.41 bits per heavy atom. The number of piperidine rings is 1. The number of rotatable bonds is 5. The average Bonchev–Trinajstić information content (AvgIpc) is 2.36. The third-order valence-electron chi connectivity index (χ3n) is 3.97. The van der Waals surface area contributed by atoms with E-state index in [1.807, 2.05) is 11.0 Å². The van der Waals surface area contributed by atoms with Gasteiger partial charge in [0.2, 0.25) is 5.91 Å². The lowest BCUT2D eigenvalue weighted by atomic mass is 9.80. The highest BCUT2D eigenvalue weighted by molar-refractivity contribution is 5.78. The summed E-state index contributed by atoms with van der Waals surface area (Å²) in [5.41, 5.74) is 0. The largest absolute Gasteiger partial charge is 0.342 e. The lowest BCUT2D eigenvalue weighted by Gasteiger charge is -2.35. The van der Waals surface area contributed by atoms with E-state index in [0.29, 0.717) is 0 Å². The molecule has 3 heteroatoms. The van der Waals surface area contributed by atoms with Crippen LogP contribution in [0.15, 0.2) is 0 Å². The van der Waals surface area contributed by atoms with E-state index in [2.05, 4.69) is 13.8 Å². The van der Waals surface area contributed by atoms with Gasteiger partial charge in [0.15, 0.2) is 0 Å². The number of likely N-dealkylation sites (tertiary alicyclic amines) is 1. The molecule has 0 N–H and O–H groups in total. The zero-order chi connectivity index (χ0) is 12.7. The molecule has 1 saturated heterocycles. The maximum absolute atomic E-state index is 11.6. The molecule has 1 unspecified atom stereocenters. The van der Waals surface area contributed by atoms with Gasteiger partial charge < -0.3 is 4.90 Å². The van der Waals surface area contributed by atoms with E-state index in [1.54, 1.807) is 0 Å². The Labute approximate surface area is 105 Å². The highest BCUT2D eigenvalue weighted by Crippen LogP contribution is 2.30. The highest BCUT2D eigenvalue weighted by Gasteiger charge is 2.26. The molecule has 1 amide bonds. The van der Waals surface area contributed by atoms with Crippen LogP contribution in [0, 0.1) is 23.2 Å². The second kappa shape index (κ2) is 7.32. The van der Waals surface area contributed by atoms with E-state index in [0.717, 1.165) is 37.8 Å². The van der Waals surface area contributed by atoms with E-state index in [-0.39, 0.29) is 12.3 Å². The Bertz CT molecular complexity index is 274. The fourth-order valence-corrected chi connectivity index (χ4v) is 2.94. The molecule has 1 heterocycles. The molecule has 1 aliphatic rings. The van der Waals surface area contributed by atoms with E-state index < -0.39 is 0 Å². The molecule has 96 valence electrons. The fraction of sp³-hybridized carbons (Fsp3) is 0.857. The summed E-state index contributed by atoms with van der Waals surface area (Å²) < 4.78 is 0. The standard InChI is InChI=1S/C14H24N2O/c1-3-5-12(4-2)13-7-10-16(11-8-13)14(17)6-9-15/h12-13H,3-8,10-11H2,1-2H3. The number of nitriles is 1. The van der Waals surface area contributed by atoms with Crippen molar-refractivity contribution in [3.8, 4) is 6.07 Å². The minimum atomic E-state index is 0.00879. The average molecular weight is 236 g/mol. The van der Waals surface area contributed by atoms with Crippen LogP contribution in [0.1, 0.15) is 52.4 Å². The van der Waals surface area contributed by atoms with Gasteiger partial charge in [-0.05, 0) is 24.7 Å². The number of hydrogen-bond donors (Lipinski definition) is 0. The molecule has 0 bridgehead atoms. The van der Waals surface area contributed by atoms with Gasteiger partial charge in [-0.2, -0.15) is 5.26 Å². The van der Waals surface area contributed by atoms with Gasteiger partial charge in [-0.3, -0.25) is 4.79 Å². The molecule has 1 rings (SSSR count). The van der Waals surface area contributed by atoms with Gasteiger partial charge in [0, 0.05) is 13.1 Å². The van der Waals surface area contributed by atoms with Crippen LogP contribution in [-0.4, -0.2) is 23.9 Å². The van der Waals surface area contributed by atoms with E-state index in [9.17, 15) is 4.79 Å². The number of carbonyl (C=O) groups is 1. The first-order valence-corrected chi connectivity index (χ1v) is 6.87. The van der Waals surface area contributed by atoms with Gasteiger partial charge >= 0.3 is 0 Å². The summed E-state index contributed by atoms with van der Waals surface area (Å²) >= 11 is 0. The van der Waals surface area contributed by atoms with Gasteiger partial charge in [-0.25, -0.2) is 0 Å². The Balaban J connectivity index is 2.39.